The van der Waals surface area contributed by atoms with Crippen LogP contribution in [0.4, 0.5) is 18.0 Å². The van der Waals surface area contributed by atoms with E-state index in [4.69, 9.17) is 10.5 Å². The summed E-state index contributed by atoms with van der Waals surface area (Å²) in [4.78, 5) is 14.8. The van der Waals surface area contributed by atoms with Gasteiger partial charge in [0.05, 0.1) is 6.04 Å². The summed E-state index contributed by atoms with van der Waals surface area (Å²) < 4.78 is 46.8. The van der Waals surface area contributed by atoms with Crippen LogP contribution >= 0.6 is 0 Å². The number of benzene rings is 3. The fourth-order valence-corrected chi connectivity index (χ4v) is 4.53. The van der Waals surface area contributed by atoms with Gasteiger partial charge in [0.25, 0.3) is 0 Å². The van der Waals surface area contributed by atoms with Crippen LogP contribution in [0.15, 0.2) is 66.7 Å². The molecule has 0 aromatic heterocycles. The molecule has 0 bridgehead atoms. The molecule has 1 fully saturated rings. The molecule has 3 aromatic carbocycles. The van der Waals surface area contributed by atoms with Gasteiger partial charge in [-0.3, -0.25) is 0 Å². The van der Waals surface area contributed by atoms with Gasteiger partial charge < -0.3 is 15.4 Å². The van der Waals surface area contributed by atoms with E-state index in [0.717, 1.165) is 17.2 Å². The average Bonchev–Trinajstić information content (AvgIpc) is 2.83. The van der Waals surface area contributed by atoms with Gasteiger partial charge in [0.2, 0.25) is 0 Å². The first-order valence-electron chi connectivity index (χ1n) is 11.3. The second-order valence-electron chi connectivity index (χ2n) is 8.63. The van der Waals surface area contributed by atoms with Gasteiger partial charge in [-0.15, -0.1) is 0 Å². The molecule has 1 unspecified atom stereocenters. The van der Waals surface area contributed by atoms with Crippen LogP contribution < -0.4 is 5.73 Å². The number of nitrogens with two attached hydrogens (primary N) is 1. The van der Waals surface area contributed by atoms with Crippen molar-refractivity contribution in [1.82, 2.24) is 4.90 Å². The summed E-state index contributed by atoms with van der Waals surface area (Å²) in [5, 5.41) is 0. The van der Waals surface area contributed by atoms with Gasteiger partial charge in [-0.1, -0.05) is 36.4 Å². The lowest BCUT2D eigenvalue weighted by molar-refractivity contribution is -0.0661. The lowest BCUT2D eigenvalue weighted by Gasteiger charge is -2.43. The van der Waals surface area contributed by atoms with Crippen LogP contribution in [0.25, 0.3) is 11.1 Å². The molecule has 2 N–H and O–H groups in total. The highest BCUT2D eigenvalue weighted by Gasteiger charge is 2.43. The highest BCUT2D eigenvalue weighted by Crippen LogP contribution is 2.40. The van der Waals surface area contributed by atoms with Crippen LogP contribution in [0.3, 0.4) is 0 Å². The highest BCUT2D eigenvalue weighted by atomic mass is 19.1. The Bertz CT molecular complexity index is 1150. The second kappa shape index (κ2) is 9.89. The third kappa shape index (κ3) is 4.80. The molecule has 4 rings (SSSR count). The van der Waals surface area contributed by atoms with Gasteiger partial charge in [0.15, 0.2) is 0 Å². The molecule has 0 radical (unpaired) electrons. The fraction of sp³-hybridized carbons (Fsp3) is 0.296. The minimum absolute atomic E-state index is 0.277. The second-order valence-corrected chi connectivity index (χ2v) is 8.63. The number of hydrogen-bond acceptors (Lipinski definition) is 3. The zero-order chi connectivity index (χ0) is 24.3. The van der Waals surface area contributed by atoms with Crippen LogP contribution in [-0.4, -0.2) is 24.1 Å². The summed E-state index contributed by atoms with van der Waals surface area (Å²) in [5.74, 6) is -1.60. The smallest absolute Gasteiger partial charge is 0.411 e. The van der Waals surface area contributed by atoms with Gasteiger partial charge in [0.1, 0.15) is 23.1 Å². The minimum atomic E-state index is -0.843. The first-order valence-corrected chi connectivity index (χ1v) is 11.3. The molecular formula is C27H27F3N2O2. The van der Waals surface area contributed by atoms with Crippen molar-refractivity contribution in [3.05, 3.63) is 95.3 Å². The molecule has 0 saturated carbocycles. The van der Waals surface area contributed by atoms with Crippen molar-refractivity contribution < 1.29 is 22.7 Å². The molecule has 1 heterocycles. The summed E-state index contributed by atoms with van der Waals surface area (Å²) in [6.07, 6.45) is 1.32. The van der Waals surface area contributed by atoms with E-state index < -0.39 is 23.3 Å². The normalized spacial score (nSPS) is 19.1. The minimum Gasteiger partial charge on any atom is -0.438 e. The molecular weight excluding hydrogens is 441 g/mol. The van der Waals surface area contributed by atoms with E-state index in [1.165, 1.54) is 24.3 Å². The predicted molar refractivity (Wildman–Crippen MR) is 124 cm³/mol. The number of rotatable bonds is 7. The van der Waals surface area contributed by atoms with Crippen molar-refractivity contribution in [3.63, 3.8) is 0 Å². The molecule has 1 saturated heterocycles. The van der Waals surface area contributed by atoms with E-state index in [-0.39, 0.29) is 11.9 Å². The van der Waals surface area contributed by atoms with Gasteiger partial charge in [0, 0.05) is 24.6 Å². The third-order valence-corrected chi connectivity index (χ3v) is 6.53. The Kier molecular flexibility index (Phi) is 6.93. The molecule has 1 aliphatic rings. The SMILES string of the molecule is C[C@@H](c1ccc(-c2ccc(F)cc2F)cc1)N1CCC(CCCN)(c2ccc(F)cc2)OC1=O. The van der Waals surface area contributed by atoms with Crippen molar-refractivity contribution in [1.29, 1.82) is 0 Å². The van der Waals surface area contributed by atoms with E-state index in [1.807, 2.05) is 19.1 Å². The third-order valence-electron chi connectivity index (χ3n) is 6.53. The molecule has 3 aromatic rings. The molecule has 34 heavy (non-hydrogen) atoms. The summed E-state index contributed by atoms with van der Waals surface area (Å²) in [6, 6.07) is 16.4. The van der Waals surface area contributed by atoms with Crippen LogP contribution in [-0.2, 0) is 10.3 Å². The number of ether oxygens (including phenoxy) is 1. The molecule has 0 aliphatic carbocycles. The largest absolute Gasteiger partial charge is 0.438 e. The van der Waals surface area contributed by atoms with Crippen LogP contribution in [0.5, 0.6) is 0 Å². The highest BCUT2D eigenvalue weighted by molar-refractivity contribution is 5.70. The summed E-state index contributed by atoms with van der Waals surface area (Å²) in [7, 11) is 0. The Morgan fingerprint density at radius 1 is 1.00 bits per heavy atom. The van der Waals surface area contributed by atoms with E-state index >= 15 is 0 Å². The number of amides is 1. The van der Waals surface area contributed by atoms with Crippen molar-refractivity contribution >= 4 is 6.09 Å². The monoisotopic (exact) mass is 468 g/mol. The molecule has 4 nitrogen and oxygen atoms in total. The topological polar surface area (TPSA) is 55.6 Å². The number of carbonyl (C=O) groups is 1. The maximum absolute atomic E-state index is 14.1. The zero-order valence-electron chi connectivity index (χ0n) is 18.9. The molecule has 1 amide bonds. The molecule has 0 spiro atoms. The van der Waals surface area contributed by atoms with Crippen molar-refractivity contribution in [2.75, 3.05) is 13.1 Å². The number of cyclic esters (lactones) is 1. The van der Waals surface area contributed by atoms with Gasteiger partial charge in [-0.05, 0) is 67.3 Å². The maximum atomic E-state index is 14.1. The molecule has 178 valence electrons. The van der Waals surface area contributed by atoms with Crippen LogP contribution in [0.2, 0.25) is 0 Å². The number of carbonyl (C=O) groups excluding carboxylic acids is 1. The molecule has 2 atom stereocenters. The van der Waals surface area contributed by atoms with Gasteiger partial charge in [-0.25, -0.2) is 18.0 Å². The van der Waals surface area contributed by atoms with Gasteiger partial charge >= 0.3 is 6.09 Å². The summed E-state index contributed by atoms with van der Waals surface area (Å²) in [5.41, 5.74) is 7.41. The summed E-state index contributed by atoms with van der Waals surface area (Å²) >= 11 is 0. The Balaban J connectivity index is 1.52. The van der Waals surface area contributed by atoms with Crippen molar-refractivity contribution in [3.8, 4) is 11.1 Å². The van der Waals surface area contributed by atoms with E-state index in [9.17, 15) is 18.0 Å². The van der Waals surface area contributed by atoms with Crippen LogP contribution in [0, 0.1) is 17.5 Å². The fourth-order valence-electron chi connectivity index (χ4n) is 4.53. The van der Waals surface area contributed by atoms with Crippen molar-refractivity contribution in [2.24, 2.45) is 5.73 Å². The zero-order valence-corrected chi connectivity index (χ0v) is 18.9. The average molecular weight is 469 g/mol. The standard InChI is InChI=1S/C27H27F3N2O2/c1-18(19-3-5-20(6-4-19)24-12-11-23(29)17-25(24)30)32-16-14-27(13-2-15-31,34-26(32)33)21-7-9-22(28)10-8-21/h3-12,17-18H,2,13-16,31H2,1H3/t18-,27?/m0/s1. The van der Waals surface area contributed by atoms with Gasteiger partial charge in [-0.2, -0.15) is 0 Å². The number of halogens is 3. The molecule has 7 heteroatoms. The van der Waals surface area contributed by atoms with E-state index in [2.05, 4.69) is 0 Å². The Labute approximate surface area is 197 Å². The quantitative estimate of drug-likeness (QED) is 0.442. The first-order chi connectivity index (χ1) is 16.3. The Morgan fingerprint density at radius 2 is 1.68 bits per heavy atom. The predicted octanol–water partition coefficient (Wildman–Crippen LogP) is 6.31. The van der Waals surface area contributed by atoms with E-state index in [1.54, 1.807) is 29.2 Å². The Morgan fingerprint density at radius 3 is 2.29 bits per heavy atom. The van der Waals surface area contributed by atoms with Crippen molar-refractivity contribution in [2.45, 2.75) is 37.8 Å². The van der Waals surface area contributed by atoms with E-state index in [0.29, 0.717) is 43.5 Å². The summed E-state index contributed by atoms with van der Waals surface area (Å²) in [6.45, 7) is 2.82. The number of nitrogens with zero attached hydrogens (tertiary/aromatic N) is 1. The first kappa shape index (κ1) is 23.8. The lowest BCUT2D eigenvalue weighted by atomic mass is 9.84. The lowest BCUT2D eigenvalue weighted by Crippen LogP contribution is -2.48. The maximum Gasteiger partial charge on any atom is 0.411 e. The number of hydrogen-bond donors (Lipinski definition) is 1. The Hall–Kier alpha value is -3.32. The van der Waals surface area contributed by atoms with Crippen LogP contribution in [0.1, 0.15) is 43.4 Å². The molecule has 1 aliphatic heterocycles.